The number of carboxylic acids is 1. The number of ether oxygens (including phenoxy) is 2. The summed E-state index contributed by atoms with van der Waals surface area (Å²) in [6.07, 6.45) is 0.650. The van der Waals surface area contributed by atoms with E-state index in [2.05, 4.69) is 0 Å². The summed E-state index contributed by atoms with van der Waals surface area (Å²) in [6.45, 7) is 0. The lowest BCUT2D eigenvalue weighted by Crippen LogP contribution is -2.33. The van der Waals surface area contributed by atoms with Crippen molar-refractivity contribution in [3.63, 3.8) is 0 Å². The van der Waals surface area contributed by atoms with Gasteiger partial charge < -0.3 is 20.3 Å². The van der Waals surface area contributed by atoms with Gasteiger partial charge in [0, 0.05) is 11.3 Å². The normalized spacial score (nSPS) is 11.5. The number of benzene rings is 1. The lowest BCUT2D eigenvalue weighted by atomic mass is 10.2. The summed E-state index contributed by atoms with van der Waals surface area (Å²) in [5.41, 5.74) is 5.70. The van der Waals surface area contributed by atoms with Gasteiger partial charge in [0.1, 0.15) is 12.3 Å². The number of aliphatic carboxylic acids is 1. The van der Waals surface area contributed by atoms with Crippen molar-refractivity contribution in [2.24, 2.45) is 5.73 Å². The van der Waals surface area contributed by atoms with Gasteiger partial charge in [-0.25, -0.2) is 0 Å². The number of thioether (sulfide) groups is 1. The van der Waals surface area contributed by atoms with Crippen molar-refractivity contribution in [2.75, 3.05) is 18.6 Å². The number of hydrogen-bond donors (Lipinski definition) is 2. The first-order valence-corrected chi connectivity index (χ1v) is 7.03. The molecule has 114 valence electrons. The molecule has 0 radical (unpaired) electrons. The molecule has 3 N–H and O–H groups in total. The molecule has 0 heterocycles. The van der Waals surface area contributed by atoms with E-state index in [9.17, 15) is 14.4 Å². The summed E-state index contributed by atoms with van der Waals surface area (Å²) in [4.78, 5) is 32.8. The Morgan fingerprint density at radius 2 is 2.14 bits per heavy atom. The van der Waals surface area contributed by atoms with Gasteiger partial charge in [-0.05, 0) is 18.2 Å². The van der Waals surface area contributed by atoms with Crippen LogP contribution in [0.25, 0.3) is 0 Å². The molecule has 0 fully saturated rings. The highest BCUT2D eigenvalue weighted by Crippen LogP contribution is 2.27. The first kappa shape index (κ1) is 17.0. The van der Waals surface area contributed by atoms with Crippen molar-refractivity contribution >= 4 is 30.0 Å². The maximum Gasteiger partial charge on any atom is 0.321 e. The molecule has 0 aliphatic rings. The fourth-order valence-corrected chi connectivity index (χ4v) is 2.07. The van der Waals surface area contributed by atoms with E-state index in [1.54, 1.807) is 0 Å². The van der Waals surface area contributed by atoms with Crippen LogP contribution in [0.1, 0.15) is 10.4 Å². The van der Waals surface area contributed by atoms with E-state index in [4.69, 9.17) is 20.3 Å². The minimum absolute atomic E-state index is 0.0421. The van der Waals surface area contributed by atoms with Crippen LogP contribution in [0.4, 0.5) is 0 Å². The van der Waals surface area contributed by atoms with Crippen molar-refractivity contribution in [3.05, 3.63) is 23.8 Å². The lowest BCUT2D eigenvalue weighted by molar-refractivity contribution is -0.138. The van der Waals surface area contributed by atoms with Crippen LogP contribution in [-0.2, 0) is 9.59 Å². The predicted molar refractivity (Wildman–Crippen MR) is 77.0 cm³/mol. The zero-order chi connectivity index (χ0) is 15.8. The Labute approximate surface area is 125 Å². The van der Waals surface area contributed by atoms with Crippen LogP contribution in [-0.4, -0.2) is 48.0 Å². The van der Waals surface area contributed by atoms with E-state index in [-0.39, 0.29) is 23.0 Å². The number of carboxylic acid groups (broad SMARTS) is 1. The third kappa shape index (κ3) is 5.44. The molecule has 0 aliphatic heterocycles. The molecule has 0 bridgehead atoms. The second kappa shape index (κ2) is 8.28. The Kier molecular flexibility index (Phi) is 6.70. The second-order valence-electron chi connectivity index (χ2n) is 3.96. The van der Waals surface area contributed by atoms with Gasteiger partial charge in [-0.2, -0.15) is 0 Å². The summed E-state index contributed by atoms with van der Waals surface area (Å²) < 4.78 is 10.1. The number of rotatable bonds is 8. The molecular formula is C13H15NO6S. The molecule has 1 aromatic carbocycles. The highest BCUT2D eigenvalue weighted by Gasteiger charge is 2.14. The largest absolute Gasteiger partial charge is 0.493 e. The molecule has 1 rings (SSSR count). The van der Waals surface area contributed by atoms with Crippen LogP contribution in [0.15, 0.2) is 18.2 Å². The molecule has 1 aromatic rings. The third-order valence-electron chi connectivity index (χ3n) is 2.38. The highest BCUT2D eigenvalue weighted by atomic mass is 32.2. The van der Waals surface area contributed by atoms with Crippen LogP contribution in [0, 0.1) is 0 Å². The van der Waals surface area contributed by atoms with E-state index in [0.29, 0.717) is 11.8 Å². The van der Waals surface area contributed by atoms with Crippen LogP contribution in [0.3, 0.4) is 0 Å². The molecule has 1 atom stereocenters. The molecule has 7 nitrogen and oxygen atoms in total. The van der Waals surface area contributed by atoms with Crippen LogP contribution in [0.5, 0.6) is 11.5 Å². The number of esters is 1. The number of methoxy groups -OCH3 is 1. The zero-order valence-corrected chi connectivity index (χ0v) is 12.1. The molecule has 8 heteroatoms. The Morgan fingerprint density at radius 3 is 2.71 bits per heavy atom. The van der Waals surface area contributed by atoms with E-state index < -0.39 is 18.0 Å². The van der Waals surface area contributed by atoms with Gasteiger partial charge in [0.15, 0.2) is 11.5 Å². The van der Waals surface area contributed by atoms with Crippen molar-refractivity contribution < 1.29 is 29.0 Å². The van der Waals surface area contributed by atoms with Crippen molar-refractivity contribution in [3.8, 4) is 11.5 Å². The van der Waals surface area contributed by atoms with E-state index in [1.807, 2.05) is 0 Å². The Hall–Kier alpha value is -2.06. The lowest BCUT2D eigenvalue weighted by Gasteiger charge is -2.10. The van der Waals surface area contributed by atoms with Gasteiger partial charge in [-0.3, -0.25) is 14.4 Å². The second-order valence-corrected chi connectivity index (χ2v) is 4.99. The molecule has 0 saturated carbocycles. The summed E-state index contributed by atoms with van der Waals surface area (Å²) in [6, 6.07) is 3.37. The summed E-state index contributed by atoms with van der Waals surface area (Å²) in [5.74, 6) is -1.17. The van der Waals surface area contributed by atoms with Gasteiger partial charge in [0.2, 0.25) is 0 Å². The van der Waals surface area contributed by atoms with Crippen LogP contribution in [0.2, 0.25) is 0 Å². The smallest absolute Gasteiger partial charge is 0.321 e. The van der Waals surface area contributed by atoms with Crippen LogP contribution < -0.4 is 15.2 Å². The van der Waals surface area contributed by atoms with Crippen molar-refractivity contribution in [1.82, 2.24) is 0 Å². The van der Waals surface area contributed by atoms with Gasteiger partial charge in [0.25, 0.3) is 0 Å². The number of hydrogen-bond acceptors (Lipinski definition) is 7. The Bertz CT molecular complexity index is 533. The molecule has 0 saturated heterocycles. The molecule has 0 aromatic heterocycles. The summed E-state index contributed by atoms with van der Waals surface area (Å²) in [7, 11) is 1.39. The quantitative estimate of drug-likeness (QED) is 0.406. The number of aldehydes is 1. The molecule has 0 spiro atoms. The predicted octanol–water partition coefficient (Wildman–Crippen LogP) is 0.558. The fraction of sp³-hybridized carbons (Fsp3) is 0.308. The van der Waals surface area contributed by atoms with E-state index in [0.717, 1.165) is 11.8 Å². The first-order valence-electron chi connectivity index (χ1n) is 5.88. The van der Waals surface area contributed by atoms with Gasteiger partial charge in [-0.15, -0.1) is 11.8 Å². The van der Waals surface area contributed by atoms with E-state index >= 15 is 0 Å². The first-order chi connectivity index (χ1) is 9.97. The standard InChI is InChI=1S/C13H15NO6S/c1-19-11-4-8(5-15)2-3-10(11)20-12(16)7-21-6-9(14)13(17)18/h2-5,9H,6-7,14H2,1H3,(H,17,18)/t9-/m0/s1. The van der Waals surface area contributed by atoms with Gasteiger partial charge in [-0.1, -0.05) is 0 Å². The average molecular weight is 313 g/mol. The van der Waals surface area contributed by atoms with Crippen molar-refractivity contribution in [2.45, 2.75) is 6.04 Å². The maximum absolute atomic E-state index is 11.6. The van der Waals surface area contributed by atoms with Gasteiger partial charge >= 0.3 is 11.9 Å². The van der Waals surface area contributed by atoms with Crippen LogP contribution >= 0.6 is 11.8 Å². The molecule has 21 heavy (non-hydrogen) atoms. The monoisotopic (exact) mass is 313 g/mol. The minimum atomic E-state index is -1.12. The average Bonchev–Trinajstić information content (AvgIpc) is 2.47. The van der Waals surface area contributed by atoms with Gasteiger partial charge in [0.05, 0.1) is 12.9 Å². The molecule has 0 unspecified atom stereocenters. The maximum atomic E-state index is 11.6. The third-order valence-corrected chi connectivity index (χ3v) is 3.42. The topological polar surface area (TPSA) is 116 Å². The fourth-order valence-electron chi connectivity index (χ4n) is 1.33. The zero-order valence-electron chi connectivity index (χ0n) is 11.3. The molecule has 0 amide bonds. The number of carbonyl (C=O) groups excluding carboxylic acids is 2. The molecular weight excluding hydrogens is 298 g/mol. The van der Waals surface area contributed by atoms with E-state index in [1.165, 1.54) is 25.3 Å². The highest BCUT2D eigenvalue weighted by molar-refractivity contribution is 8.00. The Morgan fingerprint density at radius 1 is 1.43 bits per heavy atom. The number of carbonyl (C=O) groups is 3. The Balaban J connectivity index is 2.55. The van der Waals surface area contributed by atoms with Crippen molar-refractivity contribution in [1.29, 1.82) is 0 Å². The minimum Gasteiger partial charge on any atom is -0.493 e. The SMILES string of the molecule is COc1cc(C=O)ccc1OC(=O)CSC[C@H](N)C(=O)O. The number of nitrogens with two attached hydrogens (primary N) is 1. The summed E-state index contributed by atoms with van der Waals surface area (Å²) in [5, 5.41) is 8.60. The summed E-state index contributed by atoms with van der Waals surface area (Å²) >= 11 is 1.06. The molecule has 0 aliphatic carbocycles.